The van der Waals surface area contributed by atoms with E-state index < -0.39 is 0 Å². The molecule has 1 aromatic carbocycles. The topological polar surface area (TPSA) is 9.23 Å². The third-order valence-corrected chi connectivity index (χ3v) is 6.02. The van der Waals surface area contributed by atoms with E-state index in [-0.39, 0.29) is 0 Å². The van der Waals surface area contributed by atoms with Gasteiger partial charge in [-0.25, -0.2) is 0 Å². The zero-order chi connectivity index (χ0) is 13.7. The van der Waals surface area contributed by atoms with Gasteiger partial charge in [0.1, 0.15) is 0 Å². The van der Waals surface area contributed by atoms with Gasteiger partial charge in [0, 0.05) is 0 Å². The molecule has 2 heteroatoms. The van der Waals surface area contributed by atoms with E-state index >= 15 is 0 Å². The van der Waals surface area contributed by atoms with Crippen molar-refractivity contribution in [1.29, 1.82) is 0 Å². The van der Waals surface area contributed by atoms with E-state index in [1.165, 1.54) is 49.7 Å². The molecule has 0 radical (unpaired) electrons. The first kappa shape index (κ1) is 15.5. The summed E-state index contributed by atoms with van der Waals surface area (Å²) in [6.07, 6.45) is 8.73. The first-order valence-electron chi connectivity index (χ1n) is 7.63. The number of hydrogen-bond donors (Lipinski definition) is 0. The van der Waals surface area contributed by atoms with Gasteiger partial charge < -0.3 is 0 Å². The molecule has 2 atom stereocenters. The third-order valence-electron chi connectivity index (χ3n) is 4.74. The van der Waals surface area contributed by atoms with Crippen LogP contribution in [0.25, 0.3) is 0 Å². The van der Waals surface area contributed by atoms with Gasteiger partial charge in [0.2, 0.25) is 0 Å². The first-order valence-corrected chi connectivity index (χ1v) is 9.46. The fraction of sp³-hybridized carbons (Fsp3) is 0.647. The maximum atomic E-state index is 5.95. The van der Waals surface area contributed by atoms with Crippen LogP contribution in [0.1, 0.15) is 62.7 Å². The number of benzene rings is 1. The van der Waals surface area contributed by atoms with Gasteiger partial charge in [0.15, 0.2) is 0 Å². The van der Waals surface area contributed by atoms with Crippen LogP contribution in [0.3, 0.4) is 0 Å². The monoisotopic (exact) mass is 450 g/mol. The maximum absolute atomic E-state index is 5.95. The van der Waals surface area contributed by atoms with Crippen LogP contribution in [-0.4, -0.2) is 26.2 Å². The molecule has 0 saturated heterocycles. The summed E-state index contributed by atoms with van der Waals surface area (Å²) in [5, 5.41) is 0. The summed E-state index contributed by atoms with van der Waals surface area (Å²) < 4.78 is 5.95. The van der Waals surface area contributed by atoms with Crippen molar-refractivity contribution in [2.75, 3.05) is 0 Å². The Bertz CT molecular complexity index is 385. The summed E-state index contributed by atoms with van der Waals surface area (Å²) in [7, 11) is 0. The van der Waals surface area contributed by atoms with Gasteiger partial charge in [0.25, 0.3) is 0 Å². The van der Waals surface area contributed by atoms with E-state index in [0.29, 0.717) is 32.3 Å². The molecule has 1 saturated carbocycles. The fourth-order valence-corrected chi connectivity index (χ4v) is 4.44. The Morgan fingerprint density at radius 1 is 1.21 bits per heavy atom. The van der Waals surface area contributed by atoms with E-state index in [4.69, 9.17) is 2.69 Å². The molecule has 2 unspecified atom stereocenters. The van der Waals surface area contributed by atoms with Crippen LogP contribution < -0.4 is 0 Å². The van der Waals surface area contributed by atoms with Crippen LogP contribution in [0.5, 0.6) is 0 Å². The van der Waals surface area contributed by atoms with Gasteiger partial charge in [-0.2, -0.15) is 0 Å². The molecular weight excluding hydrogens is 425 g/mol. The van der Waals surface area contributed by atoms with Gasteiger partial charge in [-0.15, -0.1) is 0 Å². The molecule has 102 valence electrons. The molecule has 0 aromatic heterocycles. The Balaban J connectivity index is 2.00. The molecule has 19 heavy (non-hydrogen) atoms. The number of hydrogen-bond acceptors (Lipinski definition) is 1. The number of aryl methyl sites for hydroxylation is 1. The molecule has 1 aliphatic carbocycles. The average Bonchev–Trinajstić information content (AvgIpc) is 2.46. The molecule has 0 spiro atoms. The van der Waals surface area contributed by atoms with E-state index in [9.17, 15) is 0 Å². The minimum absolute atomic E-state index is 0.336. The number of rotatable bonds is 5. The van der Waals surface area contributed by atoms with Crippen LogP contribution in [0, 0.1) is 18.8 Å². The first-order chi connectivity index (χ1) is 9.22. The van der Waals surface area contributed by atoms with Crippen LogP contribution in [-0.2, 0) is 2.69 Å². The van der Waals surface area contributed by atoms with Crippen molar-refractivity contribution < 1.29 is 2.69 Å². The zero-order valence-corrected chi connectivity index (χ0v) is 16.8. The summed E-state index contributed by atoms with van der Waals surface area (Å²) in [6, 6.07) is 8.72. The molecule has 0 heterocycles. The van der Waals surface area contributed by atoms with Crippen LogP contribution >= 0.6 is 0 Å². The van der Waals surface area contributed by atoms with Crippen LogP contribution in [0.2, 0.25) is 0 Å². The SMILES string of the molecule is Cc1ccccc1C(CC(C)C1CCCCC1)[O][Tl]. The molecule has 0 bridgehead atoms. The quantitative estimate of drug-likeness (QED) is 0.590. The average molecular weight is 450 g/mol. The van der Waals surface area contributed by atoms with Gasteiger partial charge in [-0.3, -0.25) is 0 Å². The Labute approximate surface area is 134 Å². The van der Waals surface area contributed by atoms with Crippen LogP contribution in [0.4, 0.5) is 0 Å². The van der Waals surface area contributed by atoms with E-state index in [1.807, 2.05) is 0 Å². The van der Waals surface area contributed by atoms with Crippen molar-refractivity contribution in [3.8, 4) is 0 Å². The second-order valence-corrected chi connectivity index (χ2v) is 7.15. The van der Waals surface area contributed by atoms with Gasteiger partial charge in [-0.1, -0.05) is 0 Å². The Morgan fingerprint density at radius 3 is 2.53 bits per heavy atom. The second kappa shape index (κ2) is 7.77. The molecule has 2 rings (SSSR count). The summed E-state index contributed by atoms with van der Waals surface area (Å²) in [6.45, 7) is 4.64. The molecule has 1 aliphatic rings. The Hall–Kier alpha value is 0.102. The van der Waals surface area contributed by atoms with E-state index in [2.05, 4.69) is 38.1 Å². The predicted octanol–water partition coefficient (Wildman–Crippen LogP) is 4.74. The summed E-state index contributed by atoms with van der Waals surface area (Å²) >= 11 is 0.619. The summed E-state index contributed by atoms with van der Waals surface area (Å²) in [5.41, 5.74) is 2.79. The molecule has 0 aliphatic heterocycles. The van der Waals surface area contributed by atoms with Gasteiger partial charge >= 0.3 is 135 Å². The van der Waals surface area contributed by atoms with E-state index in [1.54, 1.807) is 0 Å². The summed E-state index contributed by atoms with van der Waals surface area (Å²) in [5.74, 6) is 1.73. The molecule has 1 fully saturated rings. The van der Waals surface area contributed by atoms with E-state index in [0.717, 1.165) is 11.8 Å². The Kier molecular flexibility index (Phi) is 6.34. The van der Waals surface area contributed by atoms with Crippen molar-refractivity contribution in [3.63, 3.8) is 0 Å². The summed E-state index contributed by atoms with van der Waals surface area (Å²) in [4.78, 5) is 0. The van der Waals surface area contributed by atoms with Crippen molar-refractivity contribution in [2.24, 2.45) is 11.8 Å². The van der Waals surface area contributed by atoms with Crippen molar-refractivity contribution in [3.05, 3.63) is 35.4 Å². The van der Waals surface area contributed by atoms with Gasteiger partial charge in [0.05, 0.1) is 0 Å². The van der Waals surface area contributed by atoms with Crippen molar-refractivity contribution >= 4 is 26.2 Å². The van der Waals surface area contributed by atoms with Gasteiger partial charge in [-0.05, 0) is 0 Å². The van der Waals surface area contributed by atoms with Crippen molar-refractivity contribution in [2.45, 2.75) is 58.5 Å². The third kappa shape index (κ3) is 4.28. The molecule has 0 N–H and O–H groups in total. The predicted molar refractivity (Wildman–Crippen MR) is 81.1 cm³/mol. The second-order valence-electron chi connectivity index (χ2n) is 6.09. The normalized spacial score (nSPS) is 20.1. The molecule has 1 nitrogen and oxygen atoms in total. The van der Waals surface area contributed by atoms with Crippen LogP contribution in [0.15, 0.2) is 24.3 Å². The Morgan fingerprint density at radius 2 is 1.89 bits per heavy atom. The fourth-order valence-electron chi connectivity index (χ4n) is 3.44. The molecular formula is C17H25OTl. The zero-order valence-electron chi connectivity index (χ0n) is 12.3. The standard InChI is InChI=1S/C17H25O.Tl/c1-13-8-6-7-11-16(13)17(18)12-14(2)15-9-4-3-5-10-15;/h6-8,11,14-15,17H,3-5,9-10,12H2,1-2H3;/q-1;+1. The molecule has 0 amide bonds. The minimum atomic E-state index is 0.336. The molecule has 1 aromatic rings. The van der Waals surface area contributed by atoms with Crippen molar-refractivity contribution in [1.82, 2.24) is 0 Å².